The van der Waals surface area contributed by atoms with Crippen molar-refractivity contribution in [3.05, 3.63) is 34.4 Å². The zero-order chi connectivity index (χ0) is 11.0. The summed E-state index contributed by atoms with van der Waals surface area (Å²) in [6.45, 7) is 6.34. The van der Waals surface area contributed by atoms with Gasteiger partial charge in [-0.25, -0.2) is 0 Å². The van der Waals surface area contributed by atoms with E-state index in [4.69, 9.17) is 0 Å². The smallest absolute Gasteiger partial charge is 0.0820 e. The van der Waals surface area contributed by atoms with E-state index in [0.29, 0.717) is 5.92 Å². The number of aryl methyl sites for hydroxylation is 3. The summed E-state index contributed by atoms with van der Waals surface area (Å²) in [7, 11) is 0. The monoisotopic (exact) mass is 204 g/mol. The van der Waals surface area contributed by atoms with Crippen LogP contribution in [0.1, 0.15) is 47.6 Å². The molecule has 1 heteroatoms. The van der Waals surface area contributed by atoms with Crippen molar-refractivity contribution in [2.45, 2.75) is 46.1 Å². The molecule has 0 amide bonds. The molecule has 1 saturated carbocycles. The molecule has 1 aliphatic rings. The molecule has 15 heavy (non-hydrogen) atoms. The Kier molecular flexibility index (Phi) is 2.83. The summed E-state index contributed by atoms with van der Waals surface area (Å²) in [6.07, 6.45) is 3.42. The van der Waals surface area contributed by atoms with Crippen LogP contribution in [0.15, 0.2) is 12.1 Å². The highest BCUT2D eigenvalue weighted by Crippen LogP contribution is 2.39. The lowest BCUT2D eigenvalue weighted by Gasteiger charge is -2.31. The lowest BCUT2D eigenvalue weighted by Crippen LogP contribution is -2.20. The molecule has 0 aliphatic heterocycles. The first-order valence-corrected chi connectivity index (χ1v) is 5.85. The van der Waals surface area contributed by atoms with Crippen LogP contribution in [0.2, 0.25) is 0 Å². The number of hydrogen-bond donors (Lipinski definition) is 1. The predicted octanol–water partition coefficient (Wildman–Crippen LogP) is 3.45. The van der Waals surface area contributed by atoms with Gasteiger partial charge in [-0.2, -0.15) is 0 Å². The number of hydrogen-bond acceptors (Lipinski definition) is 1. The summed E-state index contributed by atoms with van der Waals surface area (Å²) in [6, 6.07) is 4.35. The van der Waals surface area contributed by atoms with E-state index in [0.717, 1.165) is 5.56 Å². The van der Waals surface area contributed by atoms with Crippen molar-refractivity contribution in [2.24, 2.45) is 5.92 Å². The molecule has 1 nitrogen and oxygen atoms in total. The molecule has 0 aromatic heterocycles. The third-order valence-electron chi connectivity index (χ3n) is 3.80. The van der Waals surface area contributed by atoms with Crippen LogP contribution in [0, 0.1) is 26.7 Å². The minimum Gasteiger partial charge on any atom is -0.388 e. The lowest BCUT2D eigenvalue weighted by molar-refractivity contribution is 0.0615. The third kappa shape index (κ3) is 1.93. The van der Waals surface area contributed by atoms with Crippen LogP contribution in [0.3, 0.4) is 0 Å². The van der Waals surface area contributed by atoms with Gasteiger partial charge in [0.25, 0.3) is 0 Å². The van der Waals surface area contributed by atoms with Crippen molar-refractivity contribution in [2.75, 3.05) is 0 Å². The fourth-order valence-electron chi connectivity index (χ4n) is 2.31. The van der Waals surface area contributed by atoms with Crippen LogP contribution in [-0.2, 0) is 0 Å². The zero-order valence-corrected chi connectivity index (χ0v) is 9.88. The van der Waals surface area contributed by atoms with Gasteiger partial charge in [0, 0.05) is 0 Å². The average molecular weight is 204 g/mol. The maximum absolute atomic E-state index is 10.2. The first-order valence-electron chi connectivity index (χ1n) is 5.85. The van der Waals surface area contributed by atoms with Gasteiger partial charge in [0.2, 0.25) is 0 Å². The van der Waals surface area contributed by atoms with Gasteiger partial charge in [-0.1, -0.05) is 18.6 Å². The predicted molar refractivity (Wildman–Crippen MR) is 63.0 cm³/mol. The van der Waals surface area contributed by atoms with E-state index in [1.165, 1.54) is 36.0 Å². The van der Waals surface area contributed by atoms with Crippen LogP contribution < -0.4 is 0 Å². The normalized spacial score (nSPS) is 18.7. The maximum Gasteiger partial charge on any atom is 0.0820 e. The second-order valence-electron chi connectivity index (χ2n) is 4.93. The van der Waals surface area contributed by atoms with E-state index in [2.05, 4.69) is 32.9 Å². The van der Waals surface area contributed by atoms with Crippen LogP contribution in [0.5, 0.6) is 0 Å². The molecule has 1 atom stereocenters. The third-order valence-corrected chi connectivity index (χ3v) is 3.80. The van der Waals surface area contributed by atoms with Gasteiger partial charge >= 0.3 is 0 Å². The molecular weight excluding hydrogens is 184 g/mol. The Morgan fingerprint density at radius 2 is 1.67 bits per heavy atom. The fraction of sp³-hybridized carbons (Fsp3) is 0.571. The van der Waals surface area contributed by atoms with Gasteiger partial charge in [0.05, 0.1) is 6.10 Å². The quantitative estimate of drug-likeness (QED) is 0.782. The van der Waals surface area contributed by atoms with E-state index in [1.807, 2.05) is 0 Å². The van der Waals surface area contributed by atoms with Crippen molar-refractivity contribution < 1.29 is 5.11 Å². The zero-order valence-electron chi connectivity index (χ0n) is 9.88. The van der Waals surface area contributed by atoms with Gasteiger partial charge in [0.15, 0.2) is 0 Å². The van der Waals surface area contributed by atoms with Gasteiger partial charge in [-0.05, 0) is 61.8 Å². The van der Waals surface area contributed by atoms with E-state index < -0.39 is 0 Å². The highest BCUT2D eigenvalue weighted by atomic mass is 16.3. The van der Waals surface area contributed by atoms with Gasteiger partial charge in [0.1, 0.15) is 0 Å². The van der Waals surface area contributed by atoms with Crippen LogP contribution in [0.25, 0.3) is 0 Å². The Balaban J connectivity index is 2.30. The Bertz CT molecular complexity index is 364. The van der Waals surface area contributed by atoms with Gasteiger partial charge in [-0.15, -0.1) is 0 Å². The Labute approximate surface area is 92.1 Å². The summed E-state index contributed by atoms with van der Waals surface area (Å²) in [5.41, 5.74) is 4.98. The van der Waals surface area contributed by atoms with Gasteiger partial charge < -0.3 is 5.11 Å². The Morgan fingerprint density at radius 3 is 2.20 bits per heavy atom. The van der Waals surface area contributed by atoms with Crippen molar-refractivity contribution in [3.63, 3.8) is 0 Å². The highest BCUT2D eigenvalue weighted by molar-refractivity contribution is 5.38. The summed E-state index contributed by atoms with van der Waals surface area (Å²) >= 11 is 0. The number of aliphatic hydroxyl groups is 1. The van der Waals surface area contributed by atoms with Gasteiger partial charge in [-0.3, -0.25) is 0 Å². The molecule has 1 unspecified atom stereocenters. The van der Waals surface area contributed by atoms with Crippen LogP contribution >= 0.6 is 0 Å². The second kappa shape index (κ2) is 3.97. The molecule has 1 fully saturated rings. The van der Waals surface area contributed by atoms with E-state index in [1.54, 1.807) is 0 Å². The van der Waals surface area contributed by atoms with Crippen molar-refractivity contribution >= 4 is 0 Å². The van der Waals surface area contributed by atoms with E-state index in [-0.39, 0.29) is 6.10 Å². The molecule has 1 aliphatic carbocycles. The molecule has 0 saturated heterocycles. The maximum atomic E-state index is 10.2. The molecule has 1 N–H and O–H groups in total. The number of benzene rings is 1. The first kappa shape index (κ1) is 10.7. The molecule has 82 valence electrons. The van der Waals surface area contributed by atoms with Crippen LogP contribution in [-0.4, -0.2) is 5.11 Å². The average Bonchev–Trinajstić information content (AvgIpc) is 2.08. The molecule has 0 bridgehead atoms. The minimum atomic E-state index is -0.238. The van der Waals surface area contributed by atoms with Crippen LogP contribution in [0.4, 0.5) is 0 Å². The molecule has 0 spiro atoms. The number of aliphatic hydroxyl groups excluding tert-OH is 1. The minimum absolute atomic E-state index is 0.238. The summed E-state index contributed by atoms with van der Waals surface area (Å²) in [4.78, 5) is 0. The summed E-state index contributed by atoms with van der Waals surface area (Å²) < 4.78 is 0. The molecule has 0 radical (unpaired) electrons. The second-order valence-corrected chi connectivity index (χ2v) is 4.93. The first-order chi connectivity index (χ1) is 7.09. The highest BCUT2D eigenvalue weighted by Gasteiger charge is 2.27. The SMILES string of the molecule is Cc1cc(C)c(C(O)C2CCC2)cc1C. The van der Waals surface area contributed by atoms with Crippen molar-refractivity contribution in [1.29, 1.82) is 0 Å². The molecule has 1 aromatic carbocycles. The van der Waals surface area contributed by atoms with E-state index in [9.17, 15) is 5.11 Å². The molecule has 2 rings (SSSR count). The molecule has 1 aromatic rings. The fourth-order valence-corrected chi connectivity index (χ4v) is 2.31. The topological polar surface area (TPSA) is 20.2 Å². The standard InChI is InChI=1S/C14H20O/c1-9-7-11(3)13(8-10(9)2)14(15)12-5-4-6-12/h7-8,12,14-15H,4-6H2,1-3H3. The molecule has 0 heterocycles. The Morgan fingerprint density at radius 1 is 1.07 bits per heavy atom. The van der Waals surface area contributed by atoms with E-state index >= 15 is 0 Å². The lowest BCUT2D eigenvalue weighted by atomic mass is 9.77. The molecular formula is C14H20O. The van der Waals surface area contributed by atoms with Crippen molar-refractivity contribution in [1.82, 2.24) is 0 Å². The largest absolute Gasteiger partial charge is 0.388 e. The Hall–Kier alpha value is -0.820. The van der Waals surface area contributed by atoms with Crippen molar-refractivity contribution in [3.8, 4) is 0 Å². The summed E-state index contributed by atoms with van der Waals surface area (Å²) in [5, 5.41) is 10.2. The summed E-state index contributed by atoms with van der Waals surface area (Å²) in [5.74, 6) is 0.505. The number of rotatable bonds is 2.